The molecule has 1 atom stereocenters. The maximum atomic E-state index is 14.2. The number of likely N-dealkylation sites (tertiary alicyclic amines) is 1. The number of aromatic carboxylic acids is 1. The second-order valence-corrected chi connectivity index (χ2v) is 9.13. The SMILES string of the molecule is CC.CC.COCC(c1cc(Cl)cc(Cl)c1)N1CC(COc2cc(F)c(C(=O)O)cc2C2CC2)C1. The van der Waals surface area contributed by atoms with Crippen LogP contribution < -0.4 is 4.74 Å². The van der Waals surface area contributed by atoms with Gasteiger partial charge in [0.15, 0.2) is 0 Å². The van der Waals surface area contributed by atoms with Crippen molar-refractivity contribution in [3.8, 4) is 5.75 Å². The fourth-order valence-corrected chi connectivity index (χ4v) is 4.63. The van der Waals surface area contributed by atoms with Crippen molar-refractivity contribution < 1.29 is 23.8 Å². The lowest BCUT2D eigenvalue weighted by atomic mass is 9.95. The van der Waals surface area contributed by atoms with Gasteiger partial charge in [-0.25, -0.2) is 9.18 Å². The normalized spacial score (nSPS) is 16.2. The van der Waals surface area contributed by atoms with Crippen molar-refractivity contribution in [3.63, 3.8) is 0 Å². The number of carbonyl (C=O) groups is 1. The number of carboxylic acids is 1. The second-order valence-electron chi connectivity index (χ2n) is 8.25. The first-order chi connectivity index (χ1) is 16.9. The van der Waals surface area contributed by atoms with E-state index >= 15 is 0 Å². The van der Waals surface area contributed by atoms with Crippen molar-refractivity contribution in [2.45, 2.75) is 52.5 Å². The first kappa shape index (κ1) is 29.4. The molecule has 0 spiro atoms. The minimum absolute atomic E-state index is 0.0340. The van der Waals surface area contributed by atoms with Gasteiger partial charge < -0.3 is 14.6 Å². The summed E-state index contributed by atoms with van der Waals surface area (Å²) in [4.78, 5) is 13.5. The molecule has 2 aromatic rings. The van der Waals surface area contributed by atoms with Crippen LogP contribution >= 0.6 is 23.2 Å². The van der Waals surface area contributed by atoms with Gasteiger partial charge in [-0.3, -0.25) is 4.90 Å². The number of carboxylic acid groups (broad SMARTS) is 1. The minimum atomic E-state index is -1.26. The van der Waals surface area contributed by atoms with Gasteiger partial charge in [0.1, 0.15) is 11.6 Å². The molecular formula is C27H36Cl2FNO4. The van der Waals surface area contributed by atoms with Crippen LogP contribution in [0, 0.1) is 11.7 Å². The molecule has 1 saturated carbocycles. The summed E-state index contributed by atoms with van der Waals surface area (Å²) >= 11 is 12.3. The standard InChI is InChI=1S/C23H24Cl2FNO4.2C2H6/c1-30-12-21(15-4-16(24)6-17(25)5-15)27-9-13(10-27)11-31-22-8-20(26)19(23(28)29)7-18(22)14-2-3-14;2*1-2/h4-8,13-14,21H,2-3,9-12H2,1H3,(H,28,29);2*1-2H3. The Bertz CT molecular complexity index is 958. The summed E-state index contributed by atoms with van der Waals surface area (Å²) in [5.74, 6) is -1.03. The van der Waals surface area contributed by atoms with Crippen molar-refractivity contribution in [3.05, 3.63) is 62.9 Å². The van der Waals surface area contributed by atoms with Crippen LogP contribution in [0.5, 0.6) is 5.75 Å². The maximum Gasteiger partial charge on any atom is 0.338 e. The zero-order valence-corrected chi connectivity index (χ0v) is 22.6. The molecule has 8 heteroatoms. The van der Waals surface area contributed by atoms with E-state index in [0.29, 0.717) is 29.0 Å². The quantitative estimate of drug-likeness (QED) is 0.366. The molecule has 5 nitrogen and oxygen atoms in total. The van der Waals surface area contributed by atoms with Crippen LogP contribution in [0.4, 0.5) is 4.39 Å². The summed E-state index contributed by atoms with van der Waals surface area (Å²) in [6.45, 7) is 10.6. The number of hydrogen-bond donors (Lipinski definition) is 1. The van der Waals surface area contributed by atoms with E-state index in [2.05, 4.69) is 4.90 Å². The molecule has 0 amide bonds. The maximum absolute atomic E-state index is 14.2. The van der Waals surface area contributed by atoms with Gasteiger partial charge in [0.2, 0.25) is 0 Å². The van der Waals surface area contributed by atoms with Gasteiger partial charge in [-0.1, -0.05) is 50.9 Å². The molecule has 4 rings (SSSR count). The van der Waals surface area contributed by atoms with Crippen LogP contribution in [0.2, 0.25) is 10.0 Å². The molecule has 1 aliphatic heterocycles. The van der Waals surface area contributed by atoms with Gasteiger partial charge >= 0.3 is 5.97 Å². The number of halogens is 3. The Hall–Kier alpha value is -1.86. The molecule has 1 N–H and O–H groups in total. The summed E-state index contributed by atoms with van der Waals surface area (Å²) in [6.07, 6.45) is 1.94. The Kier molecular flexibility index (Phi) is 11.8. The smallest absolute Gasteiger partial charge is 0.338 e. The topological polar surface area (TPSA) is 59.0 Å². The summed E-state index contributed by atoms with van der Waals surface area (Å²) < 4.78 is 25.5. The molecule has 0 radical (unpaired) electrons. The third-order valence-electron chi connectivity index (χ3n) is 5.84. The molecule has 2 fully saturated rings. The zero-order valence-electron chi connectivity index (χ0n) is 21.1. The van der Waals surface area contributed by atoms with Crippen LogP contribution in [-0.4, -0.2) is 49.4 Å². The van der Waals surface area contributed by atoms with Crippen LogP contribution in [0.1, 0.15) is 74.0 Å². The van der Waals surface area contributed by atoms with Gasteiger partial charge in [-0.05, 0) is 54.2 Å². The first-order valence-electron chi connectivity index (χ1n) is 12.2. The molecule has 35 heavy (non-hydrogen) atoms. The lowest BCUT2D eigenvalue weighted by molar-refractivity contribution is -0.00582. The molecule has 0 aromatic heterocycles. The van der Waals surface area contributed by atoms with Gasteiger partial charge in [0.05, 0.1) is 24.8 Å². The van der Waals surface area contributed by atoms with Crippen molar-refractivity contribution in [2.24, 2.45) is 5.92 Å². The monoisotopic (exact) mass is 527 g/mol. The van der Waals surface area contributed by atoms with E-state index in [1.807, 2.05) is 39.8 Å². The van der Waals surface area contributed by atoms with Gasteiger partial charge in [0, 0.05) is 42.2 Å². The predicted octanol–water partition coefficient (Wildman–Crippen LogP) is 7.46. The fraction of sp³-hybridized carbons (Fsp3) is 0.519. The number of nitrogens with zero attached hydrogens (tertiary/aromatic N) is 1. The van der Waals surface area contributed by atoms with Crippen molar-refractivity contribution in [1.29, 1.82) is 0 Å². The summed E-state index contributed by atoms with van der Waals surface area (Å²) in [7, 11) is 1.66. The van der Waals surface area contributed by atoms with Crippen molar-refractivity contribution in [2.75, 3.05) is 33.4 Å². The fourth-order valence-electron chi connectivity index (χ4n) is 4.09. The van der Waals surface area contributed by atoms with E-state index in [-0.39, 0.29) is 23.4 Å². The molecule has 2 aromatic carbocycles. The average Bonchev–Trinajstić information content (AvgIpc) is 3.64. The number of methoxy groups -OCH3 is 1. The van der Waals surface area contributed by atoms with Gasteiger partial charge in [-0.2, -0.15) is 0 Å². The lowest BCUT2D eigenvalue weighted by Gasteiger charge is -2.44. The van der Waals surface area contributed by atoms with E-state index < -0.39 is 11.8 Å². The number of benzene rings is 2. The first-order valence-corrected chi connectivity index (χ1v) is 13.0. The Morgan fingerprint density at radius 3 is 2.20 bits per heavy atom. The summed E-state index contributed by atoms with van der Waals surface area (Å²) in [5.41, 5.74) is 1.49. The van der Waals surface area contributed by atoms with Gasteiger partial charge in [-0.15, -0.1) is 0 Å². The molecule has 1 heterocycles. The lowest BCUT2D eigenvalue weighted by Crippen LogP contribution is -2.51. The van der Waals surface area contributed by atoms with E-state index in [1.54, 1.807) is 13.2 Å². The molecule has 0 bridgehead atoms. The molecule has 1 aliphatic carbocycles. The Morgan fingerprint density at radius 1 is 1.09 bits per heavy atom. The third-order valence-corrected chi connectivity index (χ3v) is 6.28. The number of ether oxygens (including phenoxy) is 2. The molecular weight excluding hydrogens is 492 g/mol. The predicted molar refractivity (Wildman–Crippen MR) is 140 cm³/mol. The van der Waals surface area contributed by atoms with Crippen LogP contribution in [0.25, 0.3) is 0 Å². The van der Waals surface area contributed by atoms with E-state index in [1.165, 1.54) is 12.1 Å². The van der Waals surface area contributed by atoms with E-state index in [9.17, 15) is 14.3 Å². The van der Waals surface area contributed by atoms with Crippen LogP contribution in [0.15, 0.2) is 30.3 Å². The zero-order chi connectivity index (χ0) is 26.1. The second kappa shape index (κ2) is 14.0. The third kappa shape index (κ3) is 7.81. The average molecular weight is 528 g/mol. The van der Waals surface area contributed by atoms with E-state index in [0.717, 1.165) is 37.1 Å². The highest BCUT2D eigenvalue weighted by molar-refractivity contribution is 6.34. The largest absolute Gasteiger partial charge is 0.493 e. The Morgan fingerprint density at radius 2 is 1.69 bits per heavy atom. The van der Waals surface area contributed by atoms with Crippen molar-refractivity contribution in [1.82, 2.24) is 4.90 Å². The number of rotatable bonds is 9. The molecule has 194 valence electrons. The number of hydrogen-bond acceptors (Lipinski definition) is 4. The molecule has 2 aliphatic rings. The summed E-state index contributed by atoms with van der Waals surface area (Å²) in [6, 6.07) is 8.18. The Balaban J connectivity index is 0.00000103. The molecule has 1 unspecified atom stereocenters. The van der Waals surface area contributed by atoms with E-state index in [4.69, 9.17) is 32.7 Å². The van der Waals surface area contributed by atoms with Crippen LogP contribution in [0.3, 0.4) is 0 Å². The highest BCUT2D eigenvalue weighted by Gasteiger charge is 2.35. The minimum Gasteiger partial charge on any atom is -0.493 e. The van der Waals surface area contributed by atoms with Crippen molar-refractivity contribution >= 4 is 29.2 Å². The highest BCUT2D eigenvalue weighted by atomic mass is 35.5. The van der Waals surface area contributed by atoms with Crippen LogP contribution in [-0.2, 0) is 4.74 Å². The molecule has 1 saturated heterocycles. The summed E-state index contributed by atoms with van der Waals surface area (Å²) in [5, 5.41) is 10.4. The van der Waals surface area contributed by atoms with Gasteiger partial charge in [0.25, 0.3) is 0 Å². The highest BCUT2D eigenvalue weighted by Crippen LogP contribution is 2.45. The Labute approximate surface area is 218 Å².